The van der Waals surface area contributed by atoms with Crippen molar-refractivity contribution in [2.45, 2.75) is 0 Å². The molecule has 104 valence electrons. The third-order valence-corrected chi connectivity index (χ3v) is 3.19. The highest BCUT2D eigenvalue weighted by Crippen LogP contribution is 2.27. The maximum atomic E-state index is 12.1. The molecular weight excluding hydrogens is 324 g/mol. The minimum atomic E-state index is -0.320. The molecule has 0 saturated heterocycles. The third kappa shape index (κ3) is 3.25. The zero-order valence-corrected chi connectivity index (χ0v) is 12.3. The summed E-state index contributed by atoms with van der Waals surface area (Å²) in [6.45, 7) is 0. The lowest BCUT2D eigenvalue weighted by atomic mass is 10.2. The number of nitrogens with one attached hydrogen (secondary N) is 2. The molecule has 1 amide bonds. The number of nitrogens with two attached hydrogens (primary N) is 1. The van der Waals surface area contributed by atoms with Crippen LogP contribution in [0.5, 0.6) is 5.75 Å². The summed E-state index contributed by atoms with van der Waals surface area (Å²) in [4.78, 5) is 16.1. The van der Waals surface area contributed by atoms with Gasteiger partial charge in [-0.1, -0.05) is 0 Å². The summed E-state index contributed by atoms with van der Waals surface area (Å²) in [7, 11) is 1.58. The molecule has 0 aliphatic rings. The lowest BCUT2D eigenvalue weighted by Crippen LogP contribution is -2.15. The molecule has 1 aromatic carbocycles. The van der Waals surface area contributed by atoms with Crippen molar-refractivity contribution in [3.05, 3.63) is 46.7 Å². The number of carbonyl (C=O) groups excluding carboxylic acids is 1. The molecule has 0 fully saturated rings. The Morgan fingerprint density at radius 3 is 2.75 bits per heavy atom. The minimum absolute atomic E-state index is 0.271. The van der Waals surface area contributed by atoms with Crippen LogP contribution in [0.4, 0.5) is 11.4 Å². The molecule has 0 radical (unpaired) electrons. The number of hydrazine groups is 1. The van der Waals surface area contributed by atoms with Gasteiger partial charge in [0.25, 0.3) is 5.91 Å². The zero-order chi connectivity index (χ0) is 14.5. The number of carbonyl (C=O) groups is 1. The Bertz CT molecular complexity index is 634. The highest BCUT2D eigenvalue weighted by atomic mass is 79.9. The van der Waals surface area contributed by atoms with Gasteiger partial charge in [0, 0.05) is 11.9 Å². The molecule has 0 aliphatic carbocycles. The van der Waals surface area contributed by atoms with Crippen LogP contribution in [0.25, 0.3) is 0 Å². The average molecular weight is 337 g/mol. The van der Waals surface area contributed by atoms with Gasteiger partial charge in [0.05, 0.1) is 17.3 Å². The molecule has 0 saturated carbocycles. The molecule has 0 spiro atoms. The monoisotopic (exact) mass is 336 g/mol. The van der Waals surface area contributed by atoms with E-state index in [4.69, 9.17) is 10.6 Å². The second-order valence-corrected chi connectivity index (χ2v) is 4.73. The number of methoxy groups -OCH3 is 1. The smallest absolute Gasteiger partial charge is 0.274 e. The van der Waals surface area contributed by atoms with E-state index in [1.54, 1.807) is 37.4 Å². The van der Waals surface area contributed by atoms with Crippen molar-refractivity contribution in [3.63, 3.8) is 0 Å². The van der Waals surface area contributed by atoms with Gasteiger partial charge in [-0.25, -0.2) is 0 Å². The SMILES string of the molecule is COc1ccc(NC(=O)c2cc(NN)ccn2)cc1Br. The van der Waals surface area contributed by atoms with Crippen LogP contribution in [0.15, 0.2) is 41.0 Å². The lowest BCUT2D eigenvalue weighted by molar-refractivity contribution is 0.102. The summed E-state index contributed by atoms with van der Waals surface area (Å²) >= 11 is 3.36. The molecule has 1 aromatic heterocycles. The molecule has 7 heteroatoms. The third-order valence-electron chi connectivity index (χ3n) is 2.57. The van der Waals surface area contributed by atoms with Crippen LogP contribution in [-0.4, -0.2) is 18.0 Å². The summed E-state index contributed by atoms with van der Waals surface area (Å²) in [5.74, 6) is 5.66. The first-order valence-corrected chi connectivity index (χ1v) is 6.51. The van der Waals surface area contributed by atoms with Gasteiger partial charge in [-0.05, 0) is 46.3 Å². The number of aromatic nitrogens is 1. The largest absolute Gasteiger partial charge is 0.496 e. The van der Waals surface area contributed by atoms with Gasteiger partial charge in [-0.15, -0.1) is 0 Å². The number of anilines is 2. The number of nitrogens with zero attached hydrogens (tertiary/aromatic N) is 1. The van der Waals surface area contributed by atoms with Crippen molar-refractivity contribution in [1.29, 1.82) is 0 Å². The van der Waals surface area contributed by atoms with Crippen LogP contribution in [0.2, 0.25) is 0 Å². The second-order valence-electron chi connectivity index (χ2n) is 3.88. The minimum Gasteiger partial charge on any atom is -0.496 e. The molecule has 6 nitrogen and oxygen atoms in total. The zero-order valence-electron chi connectivity index (χ0n) is 10.7. The molecular formula is C13H13BrN4O2. The molecule has 4 N–H and O–H groups in total. The second kappa shape index (κ2) is 6.36. The van der Waals surface area contributed by atoms with Crippen molar-refractivity contribution in [2.24, 2.45) is 5.84 Å². The van der Waals surface area contributed by atoms with E-state index in [2.05, 4.69) is 31.7 Å². The highest BCUT2D eigenvalue weighted by Gasteiger charge is 2.09. The quantitative estimate of drug-likeness (QED) is 0.589. The maximum absolute atomic E-state index is 12.1. The Kier molecular flexibility index (Phi) is 4.54. The van der Waals surface area contributed by atoms with E-state index in [1.165, 1.54) is 6.20 Å². The topological polar surface area (TPSA) is 89.3 Å². The fourth-order valence-electron chi connectivity index (χ4n) is 1.58. The van der Waals surface area contributed by atoms with Crippen LogP contribution in [-0.2, 0) is 0 Å². The van der Waals surface area contributed by atoms with Crippen molar-refractivity contribution < 1.29 is 9.53 Å². The lowest BCUT2D eigenvalue weighted by Gasteiger charge is -2.08. The van der Waals surface area contributed by atoms with Gasteiger partial charge in [0.15, 0.2) is 0 Å². The molecule has 2 aromatic rings. The number of hydrogen-bond donors (Lipinski definition) is 3. The molecule has 0 atom stereocenters. The molecule has 0 bridgehead atoms. The van der Waals surface area contributed by atoms with Gasteiger partial charge < -0.3 is 15.5 Å². The first-order chi connectivity index (χ1) is 9.63. The first kappa shape index (κ1) is 14.3. The first-order valence-electron chi connectivity index (χ1n) is 5.71. The predicted molar refractivity (Wildman–Crippen MR) is 80.7 cm³/mol. The maximum Gasteiger partial charge on any atom is 0.274 e. The van der Waals surface area contributed by atoms with Crippen molar-refractivity contribution >= 4 is 33.2 Å². The number of benzene rings is 1. The van der Waals surface area contributed by atoms with Crippen LogP contribution < -0.4 is 21.3 Å². The van der Waals surface area contributed by atoms with Crippen LogP contribution in [0.1, 0.15) is 10.5 Å². The number of nitrogen functional groups attached to an aromatic ring is 1. The average Bonchev–Trinajstić information content (AvgIpc) is 2.47. The van der Waals surface area contributed by atoms with Crippen molar-refractivity contribution in [1.82, 2.24) is 4.98 Å². The van der Waals surface area contributed by atoms with E-state index in [-0.39, 0.29) is 11.6 Å². The summed E-state index contributed by atoms with van der Waals surface area (Å²) in [5, 5.41) is 2.75. The standard InChI is InChI=1S/C13H13BrN4O2/c1-20-12-3-2-8(6-10(12)14)17-13(19)11-7-9(18-15)4-5-16-11/h2-7H,15H2,1H3,(H,16,18)(H,17,19). The van der Waals surface area contributed by atoms with Gasteiger partial charge in [-0.3, -0.25) is 15.6 Å². The molecule has 1 heterocycles. The van der Waals surface area contributed by atoms with Gasteiger partial charge in [-0.2, -0.15) is 0 Å². The van der Waals surface area contributed by atoms with E-state index in [0.717, 1.165) is 4.47 Å². The van der Waals surface area contributed by atoms with E-state index in [1.807, 2.05) is 0 Å². The van der Waals surface area contributed by atoms with Gasteiger partial charge in [0.2, 0.25) is 0 Å². The summed E-state index contributed by atoms with van der Waals surface area (Å²) < 4.78 is 5.88. The normalized spacial score (nSPS) is 9.95. The fourth-order valence-corrected chi connectivity index (χ4v) is 2.12. The summed E-state index contributed by atoms with van der Waals surface area (Å²) in [5.41, 5.74) is 3.98. The number of pyridine rings is 1. The van der Waals surface area contributed by atoms with Crippen LogP contribution in [0, 0.1) is 0 Å². The Balaban J connectivity index is 2.16. The van der Waals surface area contributed by atoms with Gasteiger partial charge >= 0.3 is 0 Å². The number of ether oxygens (including phenoxy) is 1. The number of amides is 1. The van der Waals surface area contributed by atoms with Crippen molar-refractivity contribution in [3.8, 4) is 5.75 Å². The summed E-state index contributed by atoms with van der Waals surface area (Å²) in [6, 6.07) is 8.48. The van der Waals surface area contributed by atoms with E-state index in [0.29, 0.717) is 17.1 Å². The Morgan fingerprint density at radius 1 is 1.30 bits per heavy atom. The van der Waals surface area contributed by atoms with E-state index in [9.17, 15) is 4.79 Å². The summed E-state index contributed by atoms with van der Waals surface area (Å²) in [6.07, 6.45) is 1.51. The molecule has 20 heavy (non-hydrogen) atoms. The van der Waals surface area contributed by atoms with E-state index < -0.39 is 0 Å². The molecule has 2 rings (SSSR count). The Hall–Kier alpha value is -2.12. The van der Waals surface area contributed by atoms with Crippen LogP contribution >= 0.6 is 15.9 Å². The predicted octanol–water partition coefficient (Wildman–Crippen LogP) is 2.39. The number of rotatable bonds is 4. The Labute approximate surface area is 124 Å². The number of hydrogen-bond acceptors (Lipinski definition) is 5. The highest BCUT2D eigenvalue weighted by molar-refractivity contribution is 9.10. The fraction of sp³-hybridized carbons (Fsp3) is 0.0769. The van der Waals surface area contributed by atoms with Gasteiger partial charge in [0.1, 0.15) is 11.4 Å². The van der Waals surface area contributed by atoms with E-state index >= 15 is 0 Å². The molecule has 0 unspecified atom stereocenters. The Morgan fingerprint density at radius 2 is 2.10 bits per heavy atom. The van der Waals surface area contributed by atoms with Crippen LogP contribution in [0.3, 0.4) is 0 Å². The molecule has 0 aliphatic heterocycles. The van der Waals surface area contributed by atoms with Crippen molar-refractivity contribution in [2.75, 3.05) is 17.9 Å². The number of halogens is 1.